The van der Waals surface area contributed by atoms with Gasteiger partial charge in [0.05, 0.1) is 4.90 Å². The van der Waals surface area contributed by atoms with Crippen LogP contribution in [-0.2, 0) is 23.1 Å². The summed E-state index contributed by atoms with van der Waals surface area (Å²) in [5.41, 5.74) is 1.07. The van der Waals surface area contributed by atoms with Crippen LogP contribution in [0.3, 0.4) is 0 Å². The van der Waals surface area contributed by atoms with Crippen LogP contribution in [0.2, 0.25) is 0 Å². The van der Waals surface area contributed by atoms with Gasteiger partial charge in [0.25, 0.3) is 5.89 Å². The van der Waals surface area contributed by atoms with E-state index in [4.69, 9.17) is 14.4 Å². The van der Waals surface area contributed by atoms with Crippen molar-refractivity contribution in [3.63, 3.8) is 0 Å². The van der Waals surface area contributed by atoms with Gasteiger partial charge in [-0.1, -0.05) is 12.1 Å². The number of ether oxygens (including phenoxy) is 1. The van der Waals surface area contributed by atoms with Crippen molar-refractivity contribution >= 4 is 10.0 Å². The zero-order valence-electron chi connectivity index (χ0n) is 12.1. The summed E-state index contributed by atoms with van der Waals surface area (Å²) in [6.07, 6.45) is 0.685. The van der Waals surface area contributed by atoms with Crippen molar-refractivity contribution < 1.29 is 17.7 Å². The average molecular weight is 311 g/mol. The first-order valence-corrected chi connectivity index (χ1v) is 7.94. The summed E-state index contributed by atoms with van der Waals surface area (Å²) in [7, 11) is -3.74. The Morgan fingerprint density at radius 3 is 2.38 bits per heavy atom. The van der Waals surface area contributed by atoms with E-state index in [2.05, 4.69) is 10.1 Å². The summed E-state index contributed by atoms with van der Waals surface area (Å²) >= 11 is 0. The number of rotatable bonds is 5. The quantitative estimate of drug-likeness (QED) is 0.895. The molecule has 7 nitrogen and oxygen atoms in total. The fraction of sp³-hybridized carbons (Fsp3) is 0.385. The van der Waals surface area contributed by atoms with E-state index < -0.39 is 10.0 Å². The summed E-state index contributed by atoms with van der Waals surface area (Å²) in [5, 5.41) is 8.96. The molecule has 0 saturated carbocycles. The largest absolute Gasteiger partial charge is 0.484 e. The van der Waals surface area contributed by atoms with Crippen molar-refractivity contribution in [2.24, 2.45) is 5.14 Å². The van der Waals surface area contributed by atoms with E-state index >= 15 is 0 Å². The minimum Gasteiger partial charge on any atom is -0.484 e. The molecule has 0 spiro atoms. The number of primary sulfonamides is 1. The predicted molar refractivity (Wildman–Crippen MR) is 75.3 cm³/mol. The maximum absolute atomic E-state index is 11.5. The molecule has 2 N–H and O–H groups in total. The fourth-order valence-electron chi connectivity index (χ4n) is 2.08. The lowest BCUT2D eigenvalue weighted by molar-refractivity contribution is 0.242. The van der Waals surface area contributed by atoms with E-state index in [1.165, 1.54) is 0 Å². The number of hydrogen-bond acceptors (Lipinski definition) is 6. The van der Waals surface area contributed by atoms with Gasteiger partial charge in [0.15, 0.2) is 12.4 Å². The third-order valence-corrected chi connectivity index (χ3v) is 4.12. The molecule has 1 heterocycles. The number of nitrogens with two attached hydrogens (primary N) is 1. The Bertz CT molecular complexity index is 730. The summed E-state index contributed by atoms with van der Waals surface area (Å²) in [6, 6.07) is 3.23. The summed E-state index contributed by atoms with van der Waals surface area (Å²) in [6.45, 7) is 5.39. The normalized spacial score (nSPS) is 11.6. The topological polar surface area (TPSA) is 108 Å². The van der Waals surface area contributed by atoms with Crippen LogP contribution in [0.4, 0.5) is 0 Å². The van der Waals surface area contributed by atoms with Crippen LogP contribution in [0.25, 0.3) is 0 Å². The number of aromatic nitrogens is 2. The highest BCUT2D eigenvalue weighted by molar-refractivity contribution is 7.89. The van der Waals surface area contributed by atoms with E-state index in [-0.39, 0.29) is 11.5 Å². The Morgan fingerprint density at radius 1 is 1.29 bits per heavy atom. The molecule has 0 aliphatic heterocycles. The van der Waals surface area contributed by atoms with Crippen molar-refractivity contribution in [1.29, 1.82) is 0 Å². The van der Waals surface area contributed by atoms with Gasteiger partial charge in [-0.25, -0.2) is 13.6 Å². The van der Waals surface area contributed by atoms with Crippen LogP contribution in [0.15, 0.2) is 21.6 Å². The number of nitrogens with zero attached hydrogens (tertiary/aromatic N) is 2. The predicted octanol–water partition coefficient (Wildman–Crippen LogP) is 1.48. The molecule has 0 saturated heterocycles. The second kappa shape index (κ2) is 5.82. The van der Waals surface area contributed by atoms with E-state index in [0.29, 0.717) is 35.0 Å². The molecule has 2 rings (SSSR count). The van der Waals surface area contributed by atoms with Gasteiger partial charge < -0.3 is 9.26 Å². The van der Waals surface area contributed by atoms with Gasteiger partial charge in [-0.15, -0.1) is 0 Å². The molecule has 1 aromatic heterocycles. The lowest BCUT2D eigenvalue weighted by Crippen LogP contribution is -2.15. The third-order valence-electron chi connectivity index (χ3n) is 2.91. The first-order valence-electron chi connectivity index (χ1n) is 6.39. The highest BCUT2D eigenvalue weighted by Gasteiger charge is 2.16. The molecule has 0 amide bonds. The first-order chi connectivity index (χ1) is 9.81. The number of sulfonamides is 1. The molecule has 0 fully saturated rings. The molecule has 0 unspecified atom stereocenters. The molecule has 0 bridgehead atoms. The van der Waals surface area contributed by atoms with Crippen LogP contribution < -0.4 is 9.88 Å². The molecule has 0 radical (unpaired) electrons. The van der Waals surface area contributed by atoms with Gasteiger partial charge in [0.1, 0.15) is 5.75 Å². The Kier molecular flexibility index (Phi) is 4.29. The zero-order chi connectivity index (χ0) is 15.6. The van der Waals surface area contributed by atoms with Gasteiger partial charge >= 0.3 is 0 Å². The van der Waals surface area contributed by atoms with Gasteiger partial charge in [-0.3, -0.25) is 0 Å². The standard InChI is InChI=1S/C13H17N3O4S/c1-4-11-15-12(20-16-11)7-19-10-5-8(2)13(9(3)6-10)21(14,17)18/h5-6H,4,7H2,1-3H3,(H2,14,17,18). The zero-order valence-corrected chi connectivity index (χ0v) is 12.9. The third kappa shape index (κ3) is 3.59. The minimum absolute atomic E-state index is 0.126. The van der Waals surface area contributed by atoms with E-state index in [1.807, 2.05) is 6.92 Å². The summed E-state index contributed by atoms with van der Waals surface area (Å²) in [4.78, 5) is 4.25. The fourth-order valence-corrected chi connectivity index (χ4v) is 3.10. The van der Waals surface area contributed by atoms with E-state index in [9.17, 15) is 8.42 Å². The van der Waals surface area contributed by atoms with Gasteiger partial charge in [0.2, 0.25) is 10.0 Å². The van der Waals surface area contributed by atoms with Gasteiger partial charge in [-0.2, -0.15) is 4.98 Å². The lowest BCUT2D eigenvalue weighted by Gasteiger charge is -2.11. The Labute approximate surface area is 123 Å². The molecule has 0 atom stereocenters. The molecule has 114 valence electrons. The Morgan fingerprint density at radius 2 is 1.90 bits per heavy atom. The molecule has 21 heavy (non-hydrogen) atoms. The summed E-state index contributed by atoms with van der Waals surface area (Å²) < 4.78 is 33.6. The van der Waals surface area contributed by atoms with E-state index in [0.717, 1.165) is 0 Å². The number of hydrogen-bond donors (Lipinski definition) is 1. The molecule has 0 aliphatic rings. The SMILES string of the molecule is CCc1noc(COc2cc(C)c(S(N)(=O)=O)c(C)c2)n1. The van der Waals surface area contributed by atoms with Crippen molar-refractivity contribution in [2.75, 3.05) is 0 Å². The second-order valence-electron chi connectivity index (χ2n) is 4.68. The highest BCUT2D eigenvalue weighted by Crippen LogP contribution is 2.25. The molecular formula is C13H17N3O4S. The van der Waals surface area contributed by atoms with Crippen LogP contribution in [0.5, 0.6) is 5.75 Å². The molecule has 1 aromatic carbocycles. The monoisotopic (exact) mass is 311 g/mol. The smallest absolute Gasteiger partial charge is 0.264 e. The van der Waals surface area contributed by atoms with Crippen molar-refractivity contribution in [2.45, 2.75) is 38.7 Å². The first kappa shape index (κ1) is 15.5. The minimum atomic E-state index is -3.74. The molecule has 8 heteroatoms. The van der Waals surface area contributed by atoms with Crippen molar-refractivity contribution in [1.82, 2.24) is 10.1 Å². The molecule has 2 aromatic rings. The van der Waals surface area contributed by atoms with Crippen molar-refractivity contribution in [3.8, 4) is 5.75 Å². The van der Waals surface area contributed by atoms with Crippen LogP contribution in [-0.4, -0.2) is 18.6 Å². The average Bonchev–Trinajstić information content (AvgIpc) is 2.81. The van der Waals surface area contributed by atoms with Crippen LogP contribution in [0.1, 0.15) is 29.8 Å². The van der Waals surface area contributed by atoms with Gasteiger partial charge in [-0.05, 0) is 37.1 Å². The van der Waals surface area contributed by atoms with E-state index in [1.54, 1.807) is 26.0 Å². The van der Waals surface area contributed by atoms with Crippen LogP contribution >= 0.6 is 0 Å². The number of aryl methyl sites for hydroxylation is 3. The molecule has 0 aliphatic carbocycles. The van der Waals surface area contributed by atoms with Crippen molar-refractivity contribution in [3.05, 3.63) is 35.0 Å². The summed E-state index contributed by atoms with van der Waals surface area (Å²) in [5.74, 6) is 1.51. The maximum atomic E-state index is 11.5. The number of benzene rings is 1. The second-order valence-corrected chi connectivity index (χ2v) is 6.18. The van der Waals surface area contributed by atoms with Gasteiger partial charge in [0, 0.05) is 6.42 Å². The Balaban J connectivity index is 2.18. The highest BCUT2D eigenvalue weighted by atomic mass is 32.2. The Hall–Kier alpha value is -1.93. The molecular weight excluding hydrogens is 294 g/mol. The lowest BCUT2D eigenvalue weighted by atomic mass is 10.1. The maximum Gasteiger partial charge on any atom is 0.264 e. The van der Waals surface area contributed by atoms with Crippen LogP contribution in [0, 0.1) is 13.8 Å².